The highest BCUT2D eigenvalue weighted by Gasteiger charge is 2.22. The summed E-state index contributed by atoms with van der Waals surface area (Å²) in [6.45, 7) is 0. The molecular formula is C69H45N5. The third-order valence-corrected chi connectivity index (χ3v) is 14.4. The van der Waals surface area contributed by atoms with Crippen molar-refractivity contribution in [2.75, 3.05) is 0 Å². The van der Waals surface area contributed by atoms with Crippen LogP contribution in [0, 0.1) is 0 Å². The van der Waals surface area contributed by atoms with Gasteiger partial charge in [-0.05, 0) is 93.5 Å². The molecule has 0 saturated heterocycles. The molecule has 3 aromatic heterocycles. The number of nitrogens with zero attached hydrogens (tertiary/aromatic N) is 5. The first-order chi connectivity index (χ1) is 36.7. The van der Waals surface area contributed by atoms with Crippen LogP contribution in [-0.4, -0.2) is 24.1 Å². The number of hydrogen-bond acceptors (Lipinski definition) is 3. The second-order valence-electron chi connectivity index (χ2n) is 18.8. The Morgan fingerprint density at radius 1 is 0.203 bits per heavy atom. The van der Waals surface area contributed by atoms with Crippen LogP contribution in [0.4, 0.5) is 0 Å². The molecule has 11 aromatic carbocycles. The summed E-state index contributed by atoms with van der Waals surface area (Å²) in [5.74, 6) is 1.76. The first kappa shape index (κ1) is 42.9. The molecule has 0 aliphatic heterocycles. The van der Waals surface area contributed by atoms with Gasteiger partial charge in [0.1, 0.15) is 0 Å². The van der Waals surface area contributed by atoms with Gasteiger partial charge in [-0.3, -0.25) is 0 Å². The molecule has 0 N–H and O–H groups in total. The minimum absolute atomic E-state index is 0.578. The van der Waals surface area contributed by atoms with Crippen molar-refractivity contribution in [1.29, 1.82) is 0 Å². The fraction of sp³-hybridized carbons (Fsp3) is 0. The lowest BCUT2D eigenvalue weighted by Crippen LogP contribution is -2.05. The van der Waals surface area contributed by atoms with Gasteiger partial charge < -0.3 is 9.13 Å². The van der Waals surface area contributed by atoms with Crippen molar-refractivity contribution in [2.45, 2.75) is 0 Å². The normalized spacial score (nSPS) is 11.5. The van der Waals surface area contributed by atoms with Gasteiger partial charge in [-0.15, -0.1) is 0 Å². The van der Waals surface area contributed by atoms with Crippen LogP contribution in [0.1, 0.15) is 0 Å². The molecule has 0 amide bonds. The van der Waals surface area contributed by atoms with Crippen molar-refractivity contribution in [1.82, 2.24) is 24.1 Å². The Hall–Kier alpha value is -9.97. The Bertz CT molecular complexity index is 4310. The van der Waals surface area contributed by atoms with Crippen molar-refractivity contribution in [2.24, 2.45) is 0 Å². The zero-order valence-corrected chi connectivity index (χ0v) is 40.2. The van der Waals surface area contributed by atoms with Gasteiger partial charge in [0.25, 0.3) is 0 Å². The highest BCUT2D eigenvalue weighted by atomic mass is 15.1. The Morgan fingerprint density at radius 2 is 0.527 bits per heavy atom. The number of para-hydroxylation sites is 4. The first-order valence-corrected chi connectivity index (χ1v) is 25.1. The molecule has 0 bridgehead atoms. The minimum Gasteiger partial charge on any atom is -0.309 e. The predicted molar refractivity (Wildman–Crippen MR) is 307 cm³/mol. The van der Waals surface area contributed by atoms with Gasteiger partial charge in [-0.2, -0.15) is 0 Å². The van der Waals surface area contributed by atoms with Crippen LogP contribution in [0.5, 0.6) is 0 Å². The third kappa shape index (κ3) is 7.46. The molecule has 3 heterocycles. The smallest absolute Gasteiger partial charge is 0.166 e. The quantitative estimate of drug-likeness (QED) is 0.145. The third-order valence-electron chi connectivity index (χ3n) is 14.4. The molecule has 0 aliphatic carbocycles. The summed E-state index contributed by atoms with van der Waals surface area (Å²) in [7, 11) is 0. The molecule has 5 nitrogen and oxygen atoms in total. The second kappa shape index (κ2) is 18.0. The lowest BCUT2D eigenvalue weighted by atomic mass is 9.95. The number of benzene rings is 11. The zero-order chi connectivity index (χ0) is 49.0. The molecule has 14 rings (SSSR count). The molecule has 74 heavy (non-hydrogen) atoms. The molecule has 0 aliphatic rings. The molecule has 346 valence electrons. The molecule has 0 unspecified atom stereocenters. The number of aromatic nitrogens is 5. The van der Waals surface area contributed by atoms with Crippen molar-refractivity contribution in [3.8, 4) is 90.0 Å². The van der Waals surface area contributed by atoms with Gasteiger partial charge in [0.2, 0.25) is 0 Å². The number of hydrogen-bond donors (Lipinski definition) is 0. The second-order valence-corrected chi connectivity index (χ2v) is 18.8. The number of rotatable bonds is 9. The van der Waals surface area contributed by atoms with E-state index in [1.165, 1.54) is 32.7 Å². The highest BCUT2D eigenvalue weighted by molar-refractivity contribution is 6.11. The van der Waals surface area contributed by atoms with Gasteiger partial charge in [0.15, 0.2) is 17.5 Å². The predicted octanol–water partition coefficient (Wildman–Crippen LogP) is 17.7. The van der Waals surface area contributed by atoms with E-state index in [2.05, 4.69) is 264 Å². The lowest BCUT2D eigenvalue weighted by molar-refractivity contribution is 1.06. The largest absolute Gasteiger partial charge is 0.309 e. The summed E-state index contributed by atoms with van der Waals surface area (Å²) in [4.78, 5) is 16.3. The van der Waals surface area contributed by atoms with Crippen LogP contribution >= 0.6 is 0 Å². The van der Waals surface area contributed by atoms with Crippen molar-refractivity contribution >= 4 is 43.6 Å². The molecule has 5 heteroatoms. The van der Waals surface area contributed by atoms with Crippen LogP contribution in [0.3, 0.4) is 0 Å². The average molecular weight is 944 g/mol. The lowest BCUT2D eigenvalue weighted by Gasteiger charge is -2.18. The summed E-state index contributed by atoms with van der Waals surface area (Å²) < 4.78 is 4.79. The summed E-state index contributed by atoms with van der Waals surface area (Å²) in [6.07, 6.45) is 0. The van der Waals surface area contributed by atoms with E-state index in [-0.39, 0.29) is 0 Å². The van der Waals surface area contributed by atoms with Gasteiger partial charge in [-0.1, -0.05) is 218 Å². The van der Waals surface area contributed by atoms with Crippen LogP contribution < -0.4 is 0 Å². The van der Waals surface area contributed by atoms with E-state index in [1.807, 2.05) is 18.2 Å². The average Bonchev–Trinajstić information content (AvgIpc) is 4.00. The van der Waals surface area contributed by atoms with Gasteiger partial charge >= 0.3 is 0 Å². The Morgan fingerprint density at radius 3 is 1.04 bits per heavy atom. The Balaban J connectivity index is 1.00. The van der Waals surface area contributed by atoms with E-state index in [9.17, 15) is 0 Å². The molecule has 0 spiro atoms. The summed E-state index contributed by atoms with van der Waals surface area (Å²) in [5, 5.41) is 4.75. The molecule has 0 saturated carbocycles. The molecule has 0 radical (unpaired) electrons. The summed E-state index contributed by atoms with van der Waals surface area (Å²) in [6, 6.07) is 97.2. The van der Waals surface area contributed by atoms with E-state index in [0.717, 1.165) is 83.5 Å². The summed E-state index contributed by atoms with van der Waals surface area (Å²) in [5.41, 5.74) is 18.2. The molecular weight excluding hydrogens is 899 g/mol. The van der Waals surface area contributed by atoms with Crippen LogP contribution in [-0.2, 0) is 0 Å². The maximum absolute atomic E-state index is 5.52. The summed E-state index contributed by atoms with van der Waals surface area (Å²) >= 11 is 0. The number of fused-ring (bicyclic) bond motifs is 6. The molecule has 0 fully saturated rings. The van der Waals surface area contributed by atoms with Gasteiger partial charge in [0.05, 0.1) is 33.4 Å². The zero-order valence-electron chi connectivity index (χ0n) is 40.2. The van der Waals surface area contributed by atoms with Crippen molar-refractivity contribution in [3.63, 3.8) is 0 Å². The van der Waals surface area contributed by atoms with E-state index >= 15 is 0 Å². The van der Waals surface area contributed by atoms with Crippen molar-refractivity contribution < 1.29 is 0 Å². The maximum atomic E-state index is 5.52. The molecule has 14 aromatic rings. The fourth-order valence-corrected chi connectivity index (χ4v) is 10.9. The minimum atomic E-state index is 0.578. The first-order valence-electron chi connectivity index (χ1n) is 25.1. The van der Waals surface area contributed by atoms with Crippen LogP contribution in [0.25, 0.3) is 134 Å². The van der Waals surface area contributed by atoms with Crippen LogP contribution in [0.2, 0.25) is 0 Å². The van der Waals surface area contributed by atoms with Gasteiger partial charge in [-0.25, -0.2) is 15.0 Å². The Labute approximate surface area is 428 Å². The van der Waals surface area contributed by atoms with E-state index in [4.69, 9.17) is 15.0 Å². The van der Waals surface area contributed by atoms with E-state index in [0.29, 0.717) is 17.5 Å². The molecule has 0 atom stereocenters. The van der Waals surface area contributed by atoms with Crippen LogP contribution in [0.15, 0.2) is 273 Å². The topological polar surface area (TPSA) is 48.5 Å². The van der Waals surface area contributed by atoms with Crippen molar-refractivity contribution in [3.05, 3.63) is 273 Å². The maximum Gasteiger partial charge on any atom is 0.166 e. The highest BCUT2D eigenvalue weighted by Crippen LogP contribution is 2.42. The fourth-order valence-electron chi connectivity index (χ4n) is 10.9. The monoisotopic (exact) mass is 943 g/mol. The van der Waals surface area contributed by atoms with E-state index in [1.54, 1.807) is 0 Å². The Kier molecular flexibility index (Phi) is 10.4. The van der Waals surface area contributed by atoms with Gasteiger partial charge in [0, 0.05) is 43.8 Å². The standard InChI is InChI=1S/C69H45N5/c1-4-20-46(21-5-1)49-26-18-27-50(42-49)51-28-19-29-53(43-51)55-40-39-54(45-65(55)73-61-34-14-10-30-56(61)57-31-11-15-35-62(57)73)68-70-67(48-24-8-3-9-25-48)71-69(72-68)60-41-38-52(47-22-6-2-7-23-47)44-66(60)74-63-36-16-12-32-58(63)59-33-13-17-37-64(59)74/h1-45H. The van der Waals surface area contributed by atoms with E-state index < -0.39 is 0 Å². The SMILES string of the molecule is c1ccc(-c2cccc(-c3cccc(-c4ccc(-c5nc(-c6ccccc6)nc(-c6ccc(-c7ccccc7)cc6-n6c7ccccc7c7ccccc76)n5)cc4-n4c5ccccc5c5ccccc54)c3)c2)cc1.